The van der Waals surface area contributed by atoms with Crippen LogP contribution in [0.4, 0.5) is 4.39 Å². The van der Waals surface area contributed by atoms with Gasteiger partial charge >= 0.3 is 0 Å². The summed E-state index contributed by atoms with van der Waals surface area (Å²) >= 11 is 4.85. The van der Waals surface area contributed by atoms with E-state index >= 15 is 0 Å². The first-order chi connectivity index (χ1) is 4.63. The molecule has 0 saturated carbocycles. The minimum Gasteiger partial charge on any atom is -0.507 e. The molecule has 1 rings (SSSR count). The van der Waals surface area contributed by atoms with Gasteiger partial charge in [0.25, 0.3) is 0 Å². The Labute approximate surface area is 79.5 Å². The molecule has 1 aromatic carbocycles. The van der Waals surface area contributed by atoms with Gasteiger partial charge in [-0.05, 0) is 50.7 Å². The molecule has 0 spiro atoms. The molecule has 0 atom stereocenters. The maximum absolute atomic E-state index is 12.6. The lowest BCUT2D eigenvalue weighted by Crippen LogP contribution is -1.82. The summed E-state index contributed by atoms with van der Waals surface area (Å²) in [7, 11) is 0. The molecule has 1 nitrogen and oxygen atoms in total. The number of halogens is 3. The molecular formula is C6H3BrFIO. The second-order valence-electron chi connectivity index (χ2n) is 1.69. The summed E-state index contributed by atoms with van der Waals surface area (Å²) in [6.45, 7) is 0. The van der Waals surface area contributed by atoms with Crippen molar-refractivity contribution in [2.24, 2.45) is 0 Å². The molecule has 0 aliphatic heterocycles. The Morgan fingerprint density at radius 1 is 1.50 bits per heavy atom. The van der Waals surface area contributed by atoms with Crippen LogP contribution in [0, 0.1) is 9.39 Å². The number of phenolic OH excluding ortho intramolecular Hbond substituents is 1. The molecule has 4 heteroatoms. The second kappa shape index (κ2) is 3.04. The molecule has 54 valence electrons. The molecule has 0 unspecified atom stereocenters. The Hall–Kier alpha value is 0.160. The van der Waals surface area contributed by atoms with Gasteiger partial charge in [0.2, 0.25) is 0 Å². The van der Waals surface area contributed by atoms with Gasteiger partial charge in [-0.2, -0.15) is 0 Å². The smallest absolute Gasteiger partial charge is 0.137 e. The summed E-state index contributed by atoms with van der Waals surface area (Å²) in [4.78, 5) is 0. The molecule has 0 aliphatic carbocycles. The van der Waals surface area contributed by atoms with Crippen LogP contribution in [-0.4, -0.2) is 5.11 Å². The Morgan fingerprint density at radius 2 is 2.10 bits per heavy atom. The Morgan fingerprint density at radius 3 is 2.60 bits per heavy atom. The van der Waals surface area contributed by atoms with E-state index in [-0.39, 0.29) is 11.6 Å². The number of rotatable bonds is 0. The molecule has 0 aliphatic rings. The lowest BCUT2D eigenvalue weighted by atomic mass is 10.3. The zero-order chi connectivity index (χ0) is 7.72. The average Bonchev–Trinajstić information content (AvgIpc) is 1.93. The zero-order valence-electron chi connectivity index (χ0n) is 4.74. The van der Waals surface area contributed by atoms with Crippen LogP contribution in [0.1, 0.15) is 0 Å². The van der Waals surface area contributed by atoms with E-state index in [0.29, 0.717) is 8.04 Å². The van der Waals surface area contributed by atoms with Crippen molar-refractivity contribution >= 4 is 38.5 Å². The maximum atomic E-state index is 12.6. The number of hydrogen-bond donors (Lipinski definition) is 1. The van der Waals surface area contributed by atoms with Crippen molar-refractivity contribution in [2.45, 2.75) is 0 Å². The molecule has 0 fully saturated rings. The SMILES string of the molecule is Oc1ccc(F)c(I)c1Br. The van der Waals surface area contributed by atoms with Crippen LogP contribution in [0.3, 0.4) is 0 Å². The Kier molecular flexibility index (Phi) is 2.51. The quantitative estimate of drug-likeness (QED) is 0.576. The van der Waals surface area contributed by atoms with Gasteiger partial charge in [0.1, 0.15) is 11.6 Å². The molecule has 1 N–H and O–H groups in total. The molecular weight excluding hydrogens is 314 g/mol. The molecule has 10 heavy (non-hydrogen) atoms. The van der Waals surface area contributed by atoms with Gasteiger partial charge in [-0.1, -0.05) is 0 Å². The molecule has 0 bridgehead atoms. The highest BCUT2D eigenvalue weighted by molar-refractivity contribution is 14.1. The normalized spacial score (nSPS) is 9.90. The summed E-state index contributed by atoms with van der Waals surface area (Å²) in [5.74, 6) is -0.268. The fraction of sp³-hybridized carbons (Fsp3) is 0. The van der Waals surface area contributed by atoms with E-state index in [1.165, 1.54) is 12.1 Å². The summed E-state index contributed by atoms with van der Waals surface area (Å²) in [5, 5.41) is 9.01. The van der Waals surface area contributed by atoms with Gasteiger partial charge in [-0.3, -0.25) is 0 Å². The van der Waals surface area contributed by atoms with Crippen molar-refractivity contribution in [3.05, 3.63) is 26.0 Å². The van der Waals surface area contributed by atoms with E-state index in [9.17, 15) is 4.39 Å². The van der Waals surface area contributed by atoms with E-state index in [4.69, 9.17) is 5.11 Å². The first-order valence-corrected chi connectivity index (χ1v) is 4.32. The predicted molar refractivity (Wildman–Crippen MR) is 48.5 cm³/mol. The summed E-state index contributed by atoms with van der Waals surface area (Å²) < 4.78 is 13.4. The van der Waals surface area contributed by atoms with Gasteiger partial charge in [0.15, 0.2) is 0 Å². The largest absolute Gasteiger partial charge is 0.507 e. The van der Waals surface area contributed by atoms with Crippen molar-refractivity contribution in [3.63, 3.8) is 0 Å². The third-order valence-corrected chi connectivity index (χ3v) is 3.61. The fourth-order valence-corrected chi connectivity index (χ4v) is 1.29. The van der Waals surface area contributed by atoms with E-state index in [1.807, 2.05) is 22.6 Å². The van der Waals surface area contributed by atoms with E-state index in [0.717, 1.165) is 0 Å². The topological polar surface area (TPSA) is 20.2 Å². The standard InChI is InChI=1S/C6H3BrFIO/c7-5-4(10)2-1-3(8)6(5)9/h1-2,10H. The molecule has 0 radical (unpaired) electrons. The predicted octanol–water partition coefficient (Wildman–Crippen LogP) is 2.90. The van der Waals surface area contributed by atoms with Gasteiger partial charge in [-0.15, -0.1) is 0 Å². The van der Waals surface area contributed by atoms with E-state index in [1.54, 1.807) is 0 Å². The Bertz CT molecular complexity index is 237. The summed E-state index contributed by atoms with van der Waals surface area (Å²) in [6, 6.07) is 2.53. The fourth-order valence-electron chi connectivity index (χ4n) is 0.516. The summed E-state index contributed by atoms with van der Waals surface area (Å²) in [5.41, 5.74) is 0. The lowest BCUT2D eigenvalue weighted by Gasteiger charge is -1.98. The van der Waals surface area contributed by atoms with Crippen molar-refractivity contribution in [1.82, 2.24) is 0 Å². The molecule has 1 aromatic rings. The molecule has 0 saturated heterocycles. The van der Waals surface area contributed by atoms with Crippen LogP contribution in [0.5, 0.6) is 5.75 Å². The van der Waals surface area contributed by atoms with Crippen molar-refractivity contribution in [2.75, 3.05) is 0 Å². The summed E-state index contributed by atoms with van der Waals surface area (Å²) in [6.07, 6.45) is 0. The van der Waals surface area contributed by atoms with E-state index < -0.39 is 0 Å². The molecule has 0 amide bonds. The van der Waals surface area contributed by atoms with Crippen LogP contribution in [-0.2, 0) is 0 Å². The number of aromatic hydroxyl groups is 1. The first kappa shape index (κ1) is 8.26. The second-order valence-corrected chi connectivity index (χ2v) is 3.57. The Balaban J connectivity index is 3.34. The minimum absolute atomic E-state index is 0.0609. The monoisotopic (exact) mass is 316 g/mol. The number of benzene rings is 1. The third-order valence-electron chi connectivity index (χ3n) is 1.01. The lowest BCUT2D eigenvalue weighted by molar-refractivity contribution is 0.468. The van der Waals surface area contributed by atoms with Gasteiger partial charge in [0.05, 0.1) is 8.04 Å². The number of hydrogen-bond acceptors (Lipinski definition) is 1. The average molecular weight is 317 g/mol. The number of phenols is 1. The van der Waals surface area contributed by atoms with Crippen molar-refractivity contribution in [3.8, 4) is 5.75 Å². The third kappa shape index (κ3) is 1.42. The molecule has 0 aromatic heterocycles. The molecule has 0 heterocycles. The van der Waals surface area contributed by atoms with Crippen LogP contribution in [0.15, 0.2) is 16.6 Å². The van der Waals surface area contributed by atoms with Crippen LogP contribution >= 0.6 is 38.5 Å². The van der Waals surface area contributed by atoms with Gasteiger partial charge in [0, 0.05) is 0 Å². The minimum atomic E-state index is -0.328. The first-order valence-electron chi connectivity index (χ1n) is 2.45. The van der Waals surface area contributed by atoms with Crippen molar-refractivity contribution < 1.29 is 9.50 Å². The van der Waals surface area contributed by atoms with Crippen LogP contribution < -0.4 is 0 Å². The zero-order valence-corrected chi connectivity index (χ0v) is 8.48. The van der Waals surface area contributed by atoms with Crippen LogP contribution in [0.2, 0.25) is 0 Å². The van der Waals surface area contributed by atoms with Gasteiger partial charge < -0.3 is 5.11 Å². The van der Waals surface area contributed by atoms with Crippen molar-refractivity contribution in [1.29, 1.82) is 0 Å². The highest BCUT2D eigenvalue weighted by Gasteiger charge is 2.06. The van der Waals surface area contributed by atoms with E-state index in [2.05, 4.69) is 15.9 Å². The maximum Gasteiger partial charge on any atom is 0.137 e. The van der Waals surface area contributed by atoms with Gasteiger partial charge in [-0.25, -0.2) is 4.39 Å². The highest BCUT2D eigenvalue weighted by atomic mass is 127. The highest BCUT2D eigenvalue weighted by Crippen LogP contribution is 2.30. The van der Waals surface area contributed by atoms with Crippen LogP contribution in [0.25, 0.3) is 0 Å².